The first-order chi connectivity index (χ1) is 14.9. The Morgan fingerprint density at radius 1 is 1.23 bits per heavy atom. The van der Waals surface area contributed by atoms with E-state index in [0.29, 0.717) is 23.8 Å². The molecule has 7 heteroatoms. The first-order valence-corrected chi connectivity index (χ1v) is 10.8. The van der Waals surface area contributed by atoms with Crippen LogP contribution in [0.4, 0.5) is 0 Å². The molecule has 1 aromatic carbocycles. The van der Waals surface area contributed by atoms with Gasteiger partial charge in [-0.3, -0.25) is 4.90 Å². The lowest BCUT2D eigenvalue weighted by molar-refractivity contribution is -0.00993. The van der Waals surface area contributed by atoms with Gasteiger partial charge in [-0.25, -0.2) is 4.98 Å². The summed E-state index contributed by atoms with van der Waals surface area (Å²) in [6, 6.07) is 6.56. The highest BCUT2D eigenvalue weighted by Crippen LogP contribution is 2.52. The third-order valence-electron chi connectivity index (χ3n) is 7.16. The molecule has 3 heterocycles. The molecule has 1 saturated heterocycles. The number of nitrogens with zero attached hydrogens (tertiary/aromatic N) is 3. The summed E-state index contributed by atoms with van der Waals surface area (Å²) in [6.45, 7) is 6.73. The Hall–Kier alpha value is -2.64. The molecular formula is C24H29N3O4. The number of hydrogen-bond donors (Lipinski definition) is 1. The normalized spacial score (nSPS) is 25.8. The minimum absolute atomic E-state index is 0.102. The minimum atomic E-state index is -1.00. The maximum atomic E-state index is 11.7. The largest absolute Gasteiger partial charge is 0.481 e. The van der Waals surface area contributed by atoms with Gasteiger partial charge in [0.15, 0.2) is 0 Å². The van der Waals surface area contributed by atoms with Crippen molar-refractivity contribution in [2.75, 3.05) is 27.3 Å². The van der Waals surface area contributed by atoms with Crippen molar-refractivity contribution in [2.24, 2.45) is 11.8 Å². The highest BCUT2D eigenvalue weighted by molar-refractivity contribution is 5.82. The van der Waals surface area contributed by atoms with Crippen molar-refractivity contribution < 1.29 is 19.0 Å². The number of hydrogen-bond acceptors (Lipinski definition) is 7. The first-order valence-electron chi connectivity index (χ1n) is 10.8. The first kappa shape index (κ1) is 20.3. The summed E-state index contributed by atoms with van der Waals surface area (Å²) < 4.78 is 16.8. The van der Waals surface area contributed by atoms with Crippen molar-refractivity contribution in [1.29, 1.82) is 0 Å². The lowest BCUT2D eigenvalue weighted by atomic mass is 9.83. The van der Waals surface area contributed by atoms with Gasteiger partial charge in [0, 0.05) is 30.6 Å². The molecule has 1 N–H and O–H groups in total. The van der Waals surface area contributed by atoms with Gasteiger partial charge in [-0.05, 0) is 50.3 Å². The zero-order valence-corrected chi connectivity index (χ0v) is 18.5. The second kappa shape index (κ2) is 7.50. The van der Waals surface area contributed by atoms with Crippen LogP contribution in [-0.2, 0) is 12.1 Å². The van der Waals surface area contributed by atoms with Crippen LogP contribution in [0.25, 0.3) is 11.0 Å². The van der Waals surface area contributed by atoms with Gasteiger partial charge in [0.05, 0.1) is 26.3 Å². The zero-order chi connectivity index (χ0) is 21.8. The number of methoxy groups -OCH3 is 2. The average Bonchev–Trinajstić information content (AvgIpc) is 3.42. The fraction of sp³-hybridized carbons (Fsp3) is 0.500. The van der Waals surface area contributed by atoms with Crippen molar-refractivity contribution >= 4 is 11.0 Å². The predicted molar refractivity (Wildman–Crippen MR) is 116 cm³/mol. The van der Waals surface area contributed by atoms with Crippen LogP contribution in [0.2, 0.25) is 0 Å². The van der Waals surface area contributed by atoms with Crippen molar-refractivity contribution in [3.63, 3.8) is 0 Å². The Kier molecular flexibility index (Phi) is 4.90. The van der Waals surface area contributed by atoms with Gasteiger partial charge < -0.3 is 19.0 Å². The van der Waals surface area contributed by atoms with Crippen molar-refractivity contribution in [1.82, 2.24) is 14.9 Å². The van der Waals surface area contributed by atoms with Crippen LogP contribution >= 0.6 is 0 Å². The molecule has 0 amide bonds. The predicted octanol–water partition coefficient (Wildman–Crippen LogP) is 3.59. The molecule has 5 rings (SSSR count). The summed E-state index contributed by atoms with van der Waals surface area (Å²) >= 11 is 0. The lowest BCUT2D eigenvalue weighted by Gasteiger charge is -2.31. The van der Waals surface area contributed by atoms with Gasteiger partial charge in [-0.2, -0.15) is 4.98 Å². The summed E-state index contributed by atoms with van der Waals surface area (Å²) in [5.74, 6) is 1.92. The Bertz CT molecular complexity index is 1130. The van der Waals surface area contributed by atoms with Crippen LogP contribution in [0.15, 0.2) is 28.8 Å². The Labute approximate surface area is 182 Å². The van der Waals surface area contributed by atoms with Gasteiger partial charge in [0.1, 0.15) is 16.9 Å². The number of aryl methyl sites for hydroxylation is 2. The standard InChI is InChI=1S/C24H29N3O4/c1-14-5-6-20-17(9-14)15(2)21(31-20)13-27-11-16-7-8-24(28,19(16)12-27)18-10-25-23(30-4)26-22(18)29-3/h5-6,9-10,16,19,28H,7-8,11-13H2,1-4H3/t16-,19+,24+/m0/s1. The number of furan rings is 1. The molecule has 1 aliphatic carbocycles. The summed E-state index contributed by atoms with van der Waals surface area (Å²) in [4.78, 5) is 10.9. The van der Waals surface area contributed by atoms with Crippen molar-refractivity contribution in [3.05, 3.63) is 46.8 Å². The lowest BCUT2D eigenvalue weighted by Crippen LogP contribution is -2.35. The molecule has 31 heavy (non-hydrogen) atoms. The fourth-order valence-electron chi connectivity index (χ4n) is 5.49. The van der Waals surface area contributed by atoms with Crippen LogP contribution in [0.3, 0.4) is 0 Å². The molecule has 2 fully saturated rings. The van der Waals surface area contributed by atoms with E-state index < -0.39 is 5.60 Å². The molecule has 7 nitrogen and oxygen atoms in total. The van der Waals surface area contributed by atoms with Crippen molar-refractivity contribution in [2.45, 2.75) is 38.8 Å². The molecule has 0 radical (unpaired) electrons. The second-order valence-electron chi connectivity index (χ2n) is 8.95. The monoisotopic (exact) mass is 423 g/mol. The smallest absolute Gasteiger partial charge is 0.319 e. The number of fused-ring (bicyclic) bond motifs is 2. The molecule has 3 aromatic rings. The van der Waals surface area contributed by atoms with Crippen LogP contribution in [0, 0.1) is 25.7 Å². The van der Waals surface area contributed by atoms with E-state index >= 15 is 0 Å². The molecule has 1 aliphatic heterocycles. The third kappa shape index (κ3) is 3.27. The second-order valence-corrected chi connectivity index (χ2v) is 8.95. The van der Waals surface area contributed by atoms with Gasteiger partial charge in [-0.15, -0.1) is 0 Å². The molecular weight excluding hydrogens is 394 g/mol. The van der Waals surface area contributed by atoms with Gasteiger partial charge in [-0.1, -0.05) is 11.6 Å². The van der Waals surface area contributed by atoms with E-state index in [1.54, 1.807) is 13.3 Å². The van der Waals surface area contributed by atoms with E-state index in [1.165, 1.54) is 23.6 Å². The van der Waals surface area contributed by atoms with E-state index in [2.05, 4.69) is 46.9 Å². The van der Waals surface area contributed by atoms with Crippen molar-refractivity contribution in [3.8, 4) is 11.9 Å². The summed E-state index contributed by atoms with van der Waals surface area (Å²) in [7, 11) is 3.08. The van der Waals surface area contributed by atoms with Gasteiger partial charge in [0.25, 0.3) is 0 Å². The van der Waals surface area contributed by atoms with Gasteiger partial charge in [0.2, 0.25) is 5.88 Å². The topological polar surface area (TPSA) is 80.9 Å². The molecule has 2 aliphatic rings. The van der Waals surface area contributed by atoms with E-state index in [-0.39, 0.29) is 11.9 Å². The van der Waals surface area contributed by atoms with E-state index in [0.717, 1.165) is 37.4 Å². The number of benzene rings is 1. The Morgan fingerprint density at radius 2 is 2.06 bits per heavy atom. The number of aromatic nitrogens is 2. The number of rotatable bonds is 5. The van der Waals surface area contributed by atoms with Crippen LogP contribution < -0.4 is 9.47 Å². The summed E-state index contributed by atoms with van der Waals surface area (Å²) in [5, 5.41) is 12.9. The summed E-state index contributed by atoms with van der Waals surface area (Å²) in [5.41, 5.74) is 3.03. The van der Waals surface area contributed by atoms with Crippen LogP contribution in [0.1, 0.15) is 35.3 Å². The number of likely N-dealkylation sites (tertiary alicyclic amines) is 1. The zero-order valence-electron chi connectivity index (χ0n) is 18.5. The van der Waals surface area contributed by atoms with E-state index in [4.69, 9.17) is 13.9 Å². The highest BCUT2D eigenvalue weighted by Gasteiger charge is 2.54. The van der Waals surface area contributed by atoms with E-state index in [9.17, 15) is 5.11 Å². The average molecular weight is 424 g/mol. The van der Waals surface area contributed by atoms with Crippen LogP contribution in [0.5, 0.6) is 11.9 Å². The molecule has 0 unspecified atom stereocenters. The SMILES string of the molecule is COc1ncc([C@]2(O)CC[C@H]3CN(Cc4oc5ccc(C)cc5c4C)C[C@H]32)c(OC)n1. The maximum absolute atomic E-state index is 11.7. The fourth-order valence-corrected chi connectivity index (χ4v) is 5.49. The molecule has 2 aromatic heterocycles. The maximum Gasteiger partial charge on any atom is 0.319 e. The minimum Gasteiger partial charge on any atom is -0.481 e. The van der Waals surface area contributed by atoms with E-state index in [1.807, 2.05) is 0 Å². The molecule has 164 valence electrons. The Balaban J connectivity index is 1.39. The molecule has 0 spiro atoms. The summed E-state index contributed by atoms with van der Waals surface area (Å²) in [6.07, 6.45) is 3.30. The number of ether oxygens (including phenoxy) is 2. The van der Waals surface area contributed by atoms with Crippen LogP contribution in [-0.4, -0.2) is 47.3 Å². The quantitative estimate of drug-likeness (QED) is 0.672. The molecule has 0 bridgehead atoms. The highest BCUT2D eigenvalue weighted by atomic mass is 16.5. The molecule has 1 saturated carbocycles. The third-order valence-corrected chi connectivity index (χ3v) is 7.16. The Morgan fingerprint density at radius 3 is 2.84 bits per heavy atom. The number of aliphatic hydroxyl groups is 1. The van der Waals surface area contributed by atoms with Gasteiger partial charge >= 0.3 is 6.01 Å². The molecule has 3 atom stereocenters.